The first-order valence-corrected chi connectivity index (χ1v) is 7.63. The van der Waals surface area contributed by atoms with E-state index in [0.717, 1.165) is 11.6 Å². The molecule has 2 atom stereocenters. The number of nitrogens with zero attached hydrogens (tertiary/aromatic N) is 1. The van der Waals surface area contributed by atoms with Crippen molar-refractivity contribution in [3.8, 4) is 0 Å². The maximum Gasteiger partial charge on any atom is 0.332 e. The Kier molecular flexibility index (Phi) is 5.83. The van der Waals surface area contributed by atoms with E-state index in [1.165, 1.54) is 38.5 Å². The molecule has 1 saturated carbocycles. The number of nitrogens with one attached hydrogen (secondary N) is 1. The Morgan fingerprint density at radius 1 is 1.21 bits per heavy atom. The summed E-state index contributed by atoms with van der Waals surface area (Å²) in [6, 6.07) is -0.580. The van der Waals surface area contributed by atoms with Gasteiger partial charge < -0.3 is 5.73 Å². The third kappa shape index (κ3) is 3.48. The van der Waals surface area contributed by atoms with Gasteiger partial charge in [-0.1, -0.05) is 40.0 Å². The van der Waals surface area contributed by atoms with E-state index < -0.39 is 6.03 Å². The average Bonchev–Trinajstić information content (AvgIpc) is 2.95. The van der Waals surface area contributed by atoms with Crippen molar-refractivity contribution in [2.75, 3.05) is 0 Å². The number of primary amides is 1. The van der Waals surface area contributed by atoms with E-state index in [1.54, 1.807) is 0 Å². The normalized spacial score (nSPS) is 25.2. The Morgan fingerprint density at radius 2 is 1.79 bits per heavy atom. The maximum atomic E-state index is 10.8. The summed E-state index contributed by atoms with van der Waals surface area (Å²) in [5.74, 6) is 1.26. The van der Waals surface area contributed by atoms with Crippen LogP contribution in [-0.4, -0.2) is 11.7 Å². The Hall–Kier alpha value is -1.06. The van der Waals surface area contributed by atoms with E-state index in [1.807, 2.05) is 6.92 Å². The smallest absolute Gasteiger partial charge is 0.332 e. The Labute approximate surface area is 117 Å². The fourth-order valence-corrected chi connectivity index (χ4v) is 4.00. The second-order valence-corrected chi connectivity index (χ2v) is 5.84. The molecular weight excluding hydrogens is 238 g/mol. The molecule has 1 aliphatic rings. The predicted octanol–water partition coefficient (Wildman–Crippen LogP) is 3.66. The van der Waals surface area contributed by atoms with Crippen LogP contribution >= 0.6 is 0 Å². The summed E-state index contributed by atoms with van der Waals surface area (Å²) in [5.41, 5.74) is 8.92. The second kappa shape index (κ2) is 6.92. The first-order chi connectivity index (χ1) is 9.03. The van der Waals surface area contributed by atoms with Crippen LogP contribution in [0.2, 0.25) is 0 Å². The Morgan fingerprint density at radius 3 is 2.21 bits per heavy atom. The fraction of sp³-hybridized carbons (Fsp3) is 0.867. The van der Waals surface area contributed by atoms with Gasteiger partial charge in [-0.15, -0.1) is 0 Å². The topological polar surface area (TPSA) is 67.5 Å². The molecule has 0 aliphatic heterocycles. The molecule has 3 N–H and O–H groups in total. The van der Waals surface area contributed by atoms with Crippen molar-refractivity contribution in [1.82, 2.24) is 5.43 Å². The van der Waals surface area contributed by atoms with Gasteiger partial charge in [-0.2, -0.15) is 5.10 Å². The van der Waals surface area contributed by atoms with E-state index in [0.29, 0.717) is 11.3 Å². The predicted molar refractivity (Wildman–Crippen MR) is 80.0 cm³/mol. The lowest BCUT2D eigenvalue weighted by molar-refractivity contribution is 0.249. The standard InChI is InChI=1S/C15H29N3O/c1-5-8-12-13(11(4)17-18-14(16)19)15(12,9-6-2)10-7-3/h12-13H,5-10H2,1-4H3,(H3,16,18,19)/b17-11-. The van der Waals surface area contributed by atoms with Crippen LogP contribution in [0.1, 0.15) is 66.2 Å². The third-order valence-electron chi connectivity index (χ3n) is 4.47. The molecule has 0 spiro atoms. The molecule has 1 aliphatic carbocycles. The number of carbonyl (C=O) groups is 1. The van der Waals surface area contributed by atoms with Gasteiger partial charge in [-0.05, 0) is 37.5 Å². The van der Waals surface area contributed by atoms with E-state index in [4.69, 9.17) is 5.73 Å². The summed E-state index contributed by atoms with van der Waals surface area (Å²) in [6.07, 6.45) is 7.43. The quantitative estimate of drug-likeness (QED) is 0.511. The molecule has 4 nitrogen and oxygen atoms in total. The summed E-state index contributed by atoms with van der Waals surface area (Å²) in [7, 11) is 0. The molecule has 19 heavy (non-hydrogen) atoms. The van der Waals surface area contributed by atoms with Crippen molar-refractivity contribution in [2.24, 2.45) is 28.1 Å². The minimum Gasteiger partial charge on any atom is -0.350 e. The minimum absolute atomic E-state index is 0.423. The molecule has 4 heteroatoms. The lowest BCUT2D eigenvalue weighted by atomic mass is 9.89. The largest absolute Gasteiger partial charge is 0.350 e. The molecule has 0 heterocycles. The van der Waals surface area contributed by atoms with E-state index >= 15 is 0 Å². The molecule has 0 radical (unpaired) electrons. The molecular formula is C15H29N3O. The lowest BCUT2D eigenvalue weighted by Gasteiger charge is -2.16. The minimum atomic E-state index is -0.580. The van der Waals surface area contributed by atoms with Crippen molar-refractivity contribution in [2.45, 2.75) is 66.2 Å². The molecule has 0 bridgehead atoms. The number of amides is 2. The van der Waals surface area contributed by atoms with E-state index in [9.17, 15) is 4.79 Å². The van der Waals surface area contributed by atoms with Crippen LogP contribution in [0.4, 0.5) is 4.79 Å². The first-order valence-electron chi connectivity index (χ1n) is 7.63. The number of hydrazone groups is 1. The van der Waals surface area contributed by atoms with Crippen molar-refractivity contribution in [3.05, 3.63) is 0 Å². The van der Waals surface area contributed by atoms with Crippen LogP contribution in [0.25, 0.3) is 0 Å². The monoisotopic (exact) mass is 267 g/mol. The molecule has 2 amide bonds. The van der Waals surface area contributed by atoms with Crippen LogP contribution < -0.4 is 11.2 Å². The van der Waals surface area contributed by atoms with Gasteiger partial charge in [-0.25, -0.2) is 10.2 Å². The zero-order valence-electron chi connectivity index (χ0n) is 12.8. The Balaban J connectivity index is 2.83. The van der Waals surface area contributed by atoms with Gasteiger partial charge in [0, 0.05) is 11.6 Å². The molecule has 0 aromatic heterocycles. The van der Waals surface area contributed by atoms with Crippen molar-refractivity contribution < 1.29 is 4.79 Å². The van der Waals surface area contributed by atoms with E-state index in [2.05, 4.69) is 31.3 Å². The number of urea groups is 1. The number of hydrogen-bond acceptors (Lipinski definition) is 2. The van der Waals surface area contributed by atoms with Gasteiger partial charge in [0.2, 0.25) is 0 Å². The van der Waals surface area contributed by atoms with Crippen LogP contribution in [-0.2, 0) is 0 Å². The van der Waals surface area contributed by atoms with Gasteiger partial charge in [0.15, 0.2) is 0 Å². The van der Waals surface area contributed by atoms with E-state index in [-0.39, 0.29) is 0 Å². The van der Waals surface area contributed by atoms with Crippen molar-refractivity contribution in [1.29, 1.82) is 0 Å². The van der Waals surface area contributed by atoms with Gasteiger partial charge >= 0.3 is 6.03 Å². The number of nitrogens with two attached hydrogens (primary N) is 1. The zero-order valence-corrected chi connectivity index (χ0v) is 12.8. The first kappa shape index (κ1) is 16.0. The molecule has 2 unspecified atom stereocenters. The molecule has 0 aromatic rings. The molecule has 1 fully saturated rings. The highest BCUT2D eigenvalue weighted by Crippen LogP contribution is 2.66. The molecule has 0 saturated heterocycles. The van der Waals surface area contributed by atoms with Crippen LogP contribution in [0.3, 0.4) is 0 Å². The number of rotatable bonds is 8. The van der Waals surface area contributed by atoms with Gasteiger partial charge in [0.05, 0.1) is 0 Å². The fourth-order valence-electron chi connectivity index (χ4n) is 4.00. The maximum absolute atomic E-state index is 10.8. The molecule has 0 aromatic carbocycles. The summed E-state index contributed by atoms with van der Waals surface area (Å²) in [4.78, 5) is 10.8. The summed E-state index contributed by atoms with van der Waals surface area (Å²) < 4.78 is 0. The zero-order chi connectivity index (χ0) is 14.5. The molecule has 110 valence electrons. The van der Waals surface area contributed by atoms with Crippen LogP contribution in [0, 0.1) is 17.3 Å². The number of carbonyl (C=O) groups excluding carboxylic acids is 1. The molecule has 1 rings (SSSR count). The summed E-state index contributed by atoms with van der Waals surface area (Å²) in [5, 5.41) is 4.17. The second-order valence-electron chi connectivity index (χ2n) is 5.84. The highest BCUT2D eigenvalue weighted by atomic mass is 16.2. The SMILES string of the molecule is CCCC1C(/C(C)=N\NC(N)=O)C1(CCC)CCC. The van der Waals surface area contributed by atoms with Crippen LogP contribution in [0.15, 0.2) is 5.10 Å². The third-order valence-corrected chi connectivity index (χ3v) is 4.47. The van der Waals surface area contributed by atoms with Gasteiger partial charge in [0.1, 0.15) is 0 Å². The average molecular weight is 267 g/mol. The van der Waals surface area contributed by atoms with Crippen molar-refractivity contribution >= 4 is 11.7 Å². The van der Waals surface area contributed by atoms with Crippen LogP contribution in [0.5, 0.6) is 0 Å². The Bertz CT molecular complexity index is 332. The lowest BCUT2D eigenvalue weighted by Crippen LogP contribution is -2.26. The highest BCUT2D eigenvalue weighted by molar-refractivity contribution is 5.89. The van der Waals surface area contributed by atoms with Gasteiger partial charge in [-0.3, -0.25) is 0 Å². The number of hydrogen-bond donors (Lipinski definition) is 2. The highest BCUT2D eigenvalue weighted by Gasteiger charge is 2.62. The van der Waals surface area contributed by atoms with Gasteiger partial charge in [0.25, 0.3) is 0 Å². The summed E-state index contributed by atoms with van der Waals surface area (Å²) in [6.45, 7) is 8.77. The summed E-state index contributed by atoms with van der Waals surface area (Å²) >= 11 is 0. The van der Waals surface area contributed by atoms with Crippen molar-refractivity contribution in [3.63, 3.8) is 0 Å².